The van der Waals surface area contributed by atoms with Gasteiger partial charge in [-0.25, -0.2) is 8.42 Å². The van der Waals surface area contributed by atoms with Gasteiger partial charge in [-0.05, 0) is 45.7 Å². The fraction of sp³-hybridized carbons (Fsp3) is 1.00. The van der Waals surface area contributed by atoms with Crippen LogP contribution >= 0.6 is 0 Å². The van der Waals surface area contributed by atoms with Gasteiger partial charge in [0.25, 0.3) is 0 Å². The zero-order valence-electron chi connectivity index (χ0n) is 10.4. The molecule has 0 aromatic heterocycles. The summed E-state index contributed by atoms with van der Waals surface area (Å²) in [4.78, 5) is 2.25. The number of hydrogen-bond donors (Lipinski definition) is 1. The van der Waals surface area contributed by atoms with Crippen molar-refractivity contribution in [3.05, 3.63) is 0 Å². The molecule has 96 valence electrons. The number of sulfone groups is 1. The lowest BCUT2D eigenvalue weighted by Crippen LogP contribution is -2.30. The summed E-state index contributed by atoms with van der Waals surface area (Å²) < 4.78 is 23.3. The summed E-state index contributed by atoms with van der Waals surface area (Å²) in [5.41, 5.74) is 5.52. The highest BCUT2D eigenvalue weighted by molar-refractivity contribution is 7.92. The van der Waals surface area contributed by atoms with E-state index in [1.165, 1.54) is 6.42 Å². The lowest BCUT2D eigenvalue weighted by atomic mass is 10.1. The number of hydrogen-bond acceptors (Lipinski definition) is 4. The van der Waals surface area contributed by atoms with Crippen molar-refractivity contribution in [3.63, 3.8) is 0 Å². The van der Waals surface area contributed by atoms with Crippen molar-refractivity contribution in [2.24, 2.45) is 11.7 Å². The molecule has 0 amide bonds. The van der Waals surface area contributed by atoms with Crippen LogP contribution in [0, 0.1) is 5.92 Å². The van der Waals surface area contributed by atoms with Crippen molar-refractivity contribution in [2.45, 2.75) is 31.9 Å². The zero-order chi connectivity index (χ0) is 12.2. The van der Waals surface area contributed by atoms with E-state index >= 15 is 0 Å². The zero-order valence-corrected chi connectivity index (χ0v) is 11.2. The maximum Gasteiger partial charge on any atom is 0.153 e. The predicted molar refractivity (Wildman–Crippen MR) is 67.1 cm³/mol. The van der Waals surface area contributed by atoms with Crippen LogP contribution < -0.4 is 5.73 Å². The molecule has 0 spiro atoms. The summed E-state index contributed by atoms with van der Waals surface area (Å²) in [5, 5.41) is -0.255. The monoisotopic (exact) mass is 248 g/mol. The van der Waals surface area contributed by atoms with Crippen LogP contribution in [-0.2, 0) is 9.84 Å². The van der Waals surface area contributed by atoms with Crippen LogP contribution in [0.5, 0.6) is 0 Å². The van der Waals surface area contributed by atoms with Crippen LogP contribution in [0.1, 0.15) is 26.7 Å². The molecule has 0 saturated carbocycles. The minimum atomic E-state index is -2.88. The molecule has 0 radical (unpaired) electrons. The molecule has 2 N–H and O–H groups in total. The Bertz CT molecular complexity index is 301. The van der Waals surface area contributed by atoms with Gasteiger partial charge in [0.15, 0.2) is 9.84 Å². The molecular weight excluding hydrogens is 224 g/mol. The maximum absolute atomic E-state index is 11.6. The average Bonchev–Trinajstić information content (AvgIpc) is 2.63. The Morgan fingerprint density at radius 1 is 1.44 bits per heavy atom. The van der Waals surface area contributed by atoms with E-state index in [0.717, 1.165) is 26.1 Å². The SMILES string of the molecule is CC(C)S(=O)(=O)CCN1CCC(CCN)C1. The van der Waals surface area contributed by atoms with Crippen LogP contribution in [0.25, 0.3) is 0 Å². The molecule has 16 heavy (non-hydrogen) atoms. The summed E-state index contributed by atoms with van der Waals surface area (Å²) >= 11 is 0. The average molecular weight is 248 g/mol. The van der Waals surface area contributed by atoms with Gasteiger partial charge in [0.2, 0.25) is 0 Å². The second kappa shape index (κ2) is 5.98. The van der Waals surface area contributed by atoms with Gasteiger partial charge in [-0.15, -0.1) is 0 Å². The highest BCUT2D eigenvalue weighted by Gasteiger charge is 2.24. The Balaban J connectivity index is 2.30. The minimum absolute atomic E-state index is 0.255. The largest absolute Gasteiger partial charge is 0.330 e. The van der Waals surface area contributed by atoms with Crippen LogP contribution in [0.3, 0.4) is 0 Å². The Hall–Kier alpha value is -0.130. The summed E-state index contributed by atoms with van der Waals surface area (Å²) in [6.45, 7) is 6.96. The van der Waals surface area contributed by atoms with Gasteiger partial charge >= 0.3 is 0 Å². The van der Waals surface area contributed by atoms with E-state index < -0.39 is 9.84 Å². The number of nitrogens with zero attached hydrogens (tertiary/aromatic N) is 1. The molecule has 1 saturated heterocycles. The summed E-state index contributed by atoms with van der Waals surface area (Å²) in [5.74, 6) is 0.965. The lowest BCUT2D eigenvalue weighted by Gasteiger charge is -2.16. The first-order valence-corrected chi connectivity index (χ1v) is 7.81. The van der Waals surface area contributed by atoms with Crippen LogP contribution in [0.4, 0.5) is 0 Å². The van der Waals surface area contributed by atoms with Gasteiger partial charge in [-0.1, -0.05) is 0 Å². The minimum Gasteiger partial charge on any atom is -0.330 e. The molecule has 5 heteroatoms. The molecule has 0 aromatic rings. The number of likely N-dealkylation sites (tertiary alicyclic amines) is 1. The normalized spacial score (nSPS) is 23.1. The first-order chi connectivity index (χ1) is 7.45. The van der Waals surface area contributed by atoms with E-state index in [2.05, 4.69) is 4.90 Å². The molecule has 1 rings (SSSR count). The second-order valence-electron chi connectivity index (χ2n) is 4.95. The van der Waals surface area contributed by atoms with Crippen molar-refractivity contribution in [2.75, 3.05) is 31.9 Å². The van der Waals surface area contributed by atoms with Gasteiger partial charge in [0.1, 0.15) is 0 Å². The number of rotatable bonds is 6. The fourth-order valence-electron chi connectivity index (χ4n) is 2.08. The van der Waals surface area contributed by atoms with E-state index in [9.17, 15) is 8.42 Å². The molecule has 1 atom stereocenters. The number of nitrogens with two attached hydrogens (primary N) is 1. The topological polar surface area (TPSA) is 63.4 Å². The van der Waals surface area contributed by atoms with Gasteiger partial charge in [0, 0.05) is 13.1 Å². The first kappa shape index (κ1) is 13.9. The third kappa shape index (κ3) is 4.03. The maximum atomic E-state index is 11.6. The molecule has 1 heterocycles. The van der Waals surface area contributed by atoms with E-state index in [1.807, 2.05) is 0 Å². The fourth-order valence-corrected chi connectivity index (χ4v) is 3.06. The molecule has 4 nitrogen and oxygen atoms in total. The Kier molecular flexibility index (Phi) is 5.21. The molecule has 1 aliphatic rings. The van der Waals surface area contributed by atoms with Gasteiger partial charge in [-0.2, -0.15) is 0 Å². The van der Waals surface area contributed by atoms with Crippen molar-refractivity contribution in [1.82, 2.24) is 4.90 Å². The third-order valence-electron chi connectivity index (χ3n) is 3.36. The molecule has 1 aliphatic heterocycles. The van der Waals surface area contributed by atoms with E-state index in [0.29, 0.717) is 18.2 Å². The van der Waals surface area contributed by atoms with Crippen LogP contribution in [-0.4, -0.2) is 50.5 Å². The summed E-state index contributed by atoms with van der Waals surface area (Å²) in [6.07, 6.45) is 2.23. The Morgan fingerprint density at radius 2 is 2.12 bits per heavy atom. The molecular formula is C11H24N2O2S. The molecule has 0 aromatic carbocycles. The predicted octanol–water partition coefficient (Wildman–Crippen LogP) is 0.480. The van der Waals surface area contributed by atoms with E-state index in [1.54, 1.807) is 13.8 Å². The van der Waals surface area contributed by atoms with Crippen LogP contribution in [0.2, 0.25) is 0 Å². The van der Waals surface area contributed by atoms with Gasteiger partial charge in [-0.3, -0.25) is 0 Å². The standard InChI is InChI=1S/C11H24N2O2S/c1-10(2)16(14,15)8-7-13-6-4-11(9-13)3-5-12/h10-11H,3-9,12H2,1-2H3. The third-order valence-corrected chi connectivity index (χ3v) is 5.54. The summed E-state index contributed by atoms with van der Waals surface area (Å²) in [6, 6.07) is 0. The molecule has 1 fully saturated rings. The van der Waals surface area contributed by atoms with Crippen molar-refractivity contribution >= 4 is 9.84 Å². The lowest BCUT2D eigenvalue weighted by molar-refractivity contribution is 0.339. The Morgan fingerprint density at radius 3 is 2.69 bits per heavy atom. The van der Waals surface area contributed by atoms with E-state index in [4.69, 9.17) is 5.73 Å². The highest BCUT2D eigenvalue weighted by Crippen LogP contribution is 2.18. The van der Waals surface area contributed by atoms with Crippen LogP contribution in [0.15, 0.2) is 0 Å². The molecule has 0 bridgehead atoms. The van der Waals surface area contributed by atoms with E-state index in [-0.39, 0.29) is 5.25 Å². The smallest absolute Gasteiger partial charge is 0.153 e. The first-order valence-electron chi connectivity index (χ1n) is 6.09. The summed E-state index contributed by atoms with van der Waals surface area (Å²) in [7, 11) is -2.88. The van der Waals surface area contributed by atoms with Crippen molar-refractivity contribution in [1.29, 1.82) is 0 Å². The quantitative estimate of drug-likeness (QED) is 0.742. The molecule has 0 aliphatic carbocycles. The molecule has 1 unspecified atom stereocenters. The highest BCUT2D eigenvalue weighted by atomic mass is 32.2. The Labute approximate surface area is 99.1 Å². The van der Waals surface area contributed by atoms with Crippen molar-refractivity contribution in [3.8, 4) is 0 Å². The second-order valence-corrected chi connectivity index (χ2v) is 7.63. The van der Waals surface area contributed by atoms with Crippen molar-refractivity contribution < 1.29 is 8.42 Å². The van der Waals surface area contributed by atoms with Gasteiger partial charge in [0.05, 0.1) is 11.0 Å². The van der Waals surface area contributed by atoms with Gasteiger partial charge < -0.3 is 10.6 Å².